The molecular weight excluding hydrogens is 346 g/mol. The van der Waals surface area contributed by atoms with Crippen LogP contribution >= 0.6 is 11.8 Å². The summed E-state index contributed by atoms with van der Waals surface area (Å²) < 4.78 is 4.84. The van der Waals surface area contributed by atoms with E-state index >= 15 is 0 Å². The molecule has 1 aliphatic rings. The lowest BCUT2D eigenvalue weighted by Gasteiger charge is -2.15. The lowest BCUT2D eigenvalue weighted by Crippen LogP contribution is -2.41. The van der Waals surface area contributed by atoms with Gasteiger partial charge < -0.3 is 15.4 Å². The van der Waals surface area contributed by atoms with Crippen LogP contribution in [0.4, 0.5) is 10.5 Å². The van der Waals surface area contributed by atoms with Gasteiger partial charge in [0.25, 0.3) is 11.8 Å². The monoisotopic (exact) mass is 365 g/mol. The Labute approximate surface area is 149 Å². The van der Waals surface area contributed by atoms with Crippen LogP contribution in [0.1, 0.15) is 13.8 Å². The molecule has 0 radical (unpaired) electrons. The molecule has 0 spiro atoms. The van der Waals surface area contributed by atoms with Gasteiger partial charge in [0.2, 0.25) is 0 Å². The Kier molecular flexibility index (Phi) is 5.68. The van der Waals surface area contributed by atoms with Gasteiger partial charge >= 0.3 is 12.0 Å². The Balaban J connectivity index is 1.85. The predicted molar refractivity (Wildman–Crippen MR) is 92.1 cm³/mol. The number of urea groups is 1. The maximum absolute atomic E-state index is 12.0. The van der Waals surface area contributed by atoms with Crippen molar-refractivity contribution in [1.29, 1.82) is 0 Å². The smallest absolute Gasteiger partial charge is 0.326 e. The van der Waals surface area contributed by atoms with E-state index in [0.29, 0.717) is 5.69 Å². The summed E-state index contributed by atoms with van der Waals surface area (Å²) in [6.45, 7) is 2.03. The molecule has 9 heteroatoms. The maximum Gasteiger partial charge on any atom is 0.326 e. The first-order valence-corrected chi connectivity index (χ1v) is 8.69. The molecule has 134 valence electrons. The topological polar surface area (TPSA) is 105 Å². The minimum atomic E-state index is -1.06. The lowest BCUT2D eigenvalue weighted by atomic mass is 10.1. The van der Waals surface area contributed by atoms with E-state index in [0.717, 1.165) is 9.80 Å². The van der Waals surface area contributed by atoms with Crippen molar-refractivity contribution in [3.63, 3.8) is 0 Å². The van der Waals surface area contributed by atoms with E-state index in [2.05, 4.69) is 10.6 Å². The number of nitrogens with one attached hydrogen (secondary N) is 2. The third kappa shape index (κ3) is 4.50. The first-order chi connectivity index (χ1) is 11.7. The summed E-state index contributed by atoms with van der Waals surface area (Å²) >= 11 is 1.47. The normalized spacial score (nSPS) is 15.7. The number of hydrogen-bond acceptors (Lipinski definition) is 6. The van der Waals surface area contributed by atoms with Crippen molar-refractivity contribution < 1.29 is 23.9 Å². The van der Waals surface area contributed by atoms with Crippen LogP contribution in [-0.4, -0.2) is 53.7 Å². The van der Waals surface area contributed by atoms with E-state index in [1.165, 1.54) is 25.6 Å². The van der Waals surface area contributed by atoms with E-state index in [4.69, 9.17) is 4.74 Å². The number of carbonyl (C=O) groups is 4. The number of imide groups is 1. The molecule has 1 aromatic rings. The number of anilines is 1. The van der Waals surface area contributed by atoms with Crippen LogP contribution in [0.15, 0.2) is 29.2 Å². The molecule has 2 rings (SSSR count). The highest BCUT2D eigenvalue weighted by Crippen LogP contribution is 2.24. The van der Waals surface area contributed by atoms with E-state index in [-0.39, 0.29) is 0 Å². The van der Waals surface area contributed by atoms with Crippen molar-refractivity contribution in [3.8, 4) is 0 Å². The molecular formula is C16H19N3O5S. The van der Waals surface area contributed by atoms with E-state index < -0.39 is 42.5 Å². The van der Waals surface area contributed by atoms with Gasteiger partial charge in [-0.2, -0.15) is 0 Å². The largest absolute Gasteiger partial charge is 0.454 e. The number of nitrogens with zero attached hydrogens (tertiary/aromatic N) is 1. The van der Waals surface area contributed by atoms with E-state index in [1.807, 2.05) is 18.4 Å². The van der Waals surface area contributed by atoms with Crippen LogP contribution in [-0.2, 0) is 19.1 Å². The number of carbonyl (C=O) groups excluding carboxylic acids is 4. The second-order valence-corrected chi connectivity index (χ2v) is 6.70. The quantitative estimate of drug-likeness (QED) is 0.446. The standard InChI is InChI=1S/C16H19N3O5S/c1-16(2)14(22)19(15(23)18-16)8-13(21)24-9-12(20)17-10-6-4-5-7-11(10)25-3/h4-7H,8-9H2,1-3H3,(H,17,20)(H,18,23). The fourth-order valence-corrected chi connectivity index (χ4v) is 2.77. The summed E-state index contributed by atoms with van der Waals surface area (Å²) in [4.78, 5) is 49.0. The molecule has 1 aromatic carbocycles. The molecule has 2 N–H and O–H groups in total. The molecule has 1 heterocycles. The molecule has 1 aliphatic heterocycles. The third-order valence-corrected chi connectivity index (χ3v) is 4.27. The molecule has 0 aliphatic carbocycles. The molecule has 25 heavy (non-hydrogen) atoms. The van der Waals surface area contributed by atoms with Gasteiger partial charge in [-0.3, -0.25) is 19.3 Å². The molecule has 0 aromatic heterocycles. The average molecular weight is 365 g/mol. The van der Waals surface area contributed by atoms with Gasteiger partial charge in [0.05, 0.1) is 5.69 Å². The second-order valence-electron chi connectivity index (χ2n) is 5.86. The van der Waals surface area contributed by atoms with Crippen molar-refractivity contribution in [3.05, 3.63) is 24.3 Å². The molecule has 0 unspecified atom stereocenters. The number of rotatable bonds is 6. The molecule has 0 bridgehead atoms. The van der Waals surface area contributed by atoms with Crippen molar-refractivity contribution >= 4 is 41.3 Å². The highest BCUT2D eigenvalue weighted by atomic mass is 32.2. The number of amides is 4. The van der Waals surface area contributed by atoms with Gasteiger partial charge in [0.15, 0.2) is 6.61 Å². The third-order valence-electron chi connectivity index (χ3n) is 3.48. The van der Waals surface area contributed by atoms with Crippen LogP contribution in [0.25, 0.3) is 0 Å². The van der Waals surface area contributed by atoms with E-state index in [9.17, 15) is 19.2 Å². The molecule has 0 atom stereocenters. The highest BCUT2D eigenvalue weighted by Gasteiger charge is 2.45. The molecule has 1 saturated heterocycles. The number of thioether (sulfide) groups is 1. The highest BCUT2D eigenvalue weighted by molar-refractivity contribution is 7.98. The Morgan fingerprint density at radius 2 is 1.96 bits per heavy atom. The second kappa shape index (κ2) is 7.56. The molecule has 0 saturated carbocycles. The number of ether oxygens (including phenoxy) is 1. The summed E-state index contributed by atoms with van der Waals surface area (Å²) in [6.07, 6.45) is 1.88. The van der Waals surface area contributed by atoms with Crippen LogP contribution < -0.4 is 10.6 Å². The Hall–Kier alpha value is -2.55. The number of hydrogen-bond donors (Lipinski definition) is 2. The Bertz CT molecular complexity index is 719. The average Bonchev–Trinajstić information content (AvgIpc) is 2.75. The number of esters is 1. The maximum atomic E-state index is 12.0. The Morgan fingerprint density at radius 3 is 2.56 bits per heavy atom. The van der Waals surface area contributed by atoms with Crippen LogP contribution in [0, 0.1) is 0 Å². The van der Waals surface area contributed by atoms with Gasteiger partial charge in [-0.15, -0.1) is 11.8 Å². The Morgan fingerprint density at radius 1 is 1.28 bits per heavy atom. The van der Waals surface area contributed by atoms with E-state index in [1.54, 1.807) is 12.1 Å². The van der Waals surface area contributed by atoms with Gasteiger partial charge in [-0.25, -0.2) is 4.79 Å². The number of para-hydroxylation sites is 1. The number of benzene rings is 1. The van der Waals surface area contributed by atoms with Gasteiger partial charge in [-0.05, 0) is 32.2 Å². The SMILES string of the molecule is CSc1ccccc1NC(=O)COC(=O)CN1C(=O)NC(C)(C)C1=O. The van der Waals surface area contributed by atoms with Crippen molar-refractivity contribution in [2.75, 3.05) is 24.7 Å². The molecule has 1 fully saturated rings. The lowest BCUT2D eigenvalue weighted by molar-refractivity contribution is -0.150. The summed E-state index contributed by atoms with van der Waals surface area (Å²) in [6, 6.07) is 6.55. The van der Waals surface area contributed by atoms with Crippen LogP contribution in [0.3, 0.4) is 0 Å². The summed E-state index contributed by atoms with van der Waals surface area (Å²) in [7, 11) is 0. The summed E-state index contributed by atoms with van der Waals surface area (Å²) in [5.41, 5.74) is -0.442. The fourth-order valence-electron chi connectivity index (χ4n) is 2.22. The molecule has 8 nitrogen and oxygen atoms in total. The first-order valence-electron chi connectivity index (χ1n) is 7.47. The van der Waals surface area contributed by atoms with Gasteiger partial charge in [-0.1, -0.05) is 12.1 Å². The zero-order valence-corrected chi connectivity index (χ0v) is 14.9. The van der Waals surface area contributed by atoms with Crippen molar-refractivity contribution in [2.45, 2.75) is 24.3 Å². The minimum absolute atomic E-state index is 0.505. The zero-order valence-electron chi connectivity index (χ0n) is 14.1. The first kappa shape index (κ1) is 18.8. The van der Waals surface area contributed by atoms with Crippen molar-refractivity contribution in [1.82, 2.24) is 10.2 Å². The zero-order chi connectivity index (χ0) is 18.6. The van der Waals surface area contributed by atoms with Gasteiger partial charge in [0, 0.05) is 4.90 Å². The minimum Gasteiger partial charge on any atom is -0.454 e. The predicted octanol–water partition coefficient (Wildman–Crippen LogP) is 1.22. The van der Waals surface area contributed by atoms with Crippen LogP contribution in [0.5, 0.6) is 0 Å². The fraction of sp³-hybridized carbons (Fsp3) is 0.375. The van der Waals surface area contributed by atoms with Gasteiger partial charge in [0.1, 0.15) is 12.1 Å². The van der Waals surface area contributed by atoms with Crippen molar-refractivity contribution in [2.24, 2.45) is 0 Å². The molecule has 4 amide bonds. The van der Waals surface area contributed by atoms with Crippen LogP contribution in [0.2, 0.25) is 0 Å². The summed E-state index contributed by atoms with van der Waals surface area (Å²) in [5, 5.41) is 5.10. The summed E-state index contributed by atoms with van der Waals surface area (Å²) in [5.74, 6) is -1.87.